The number of amides is 2. The van der Waals surface area contributed by atoms with E-state index in [4.69, 9.17) is 9.47 Å². The van der Waals surface area contributed by atoms with E-state index in [2.05, 4.69) is 40.4 Å². The lowest BCUT2D eigenvalue weighted by Crippen LogP contribution is -2.59. The summed E-state index contributed by atoms with van der Waals surface area (Å²) in [5, 5.41) is 5.80. The van der Waals surface area contributed by atoms with Crippen LogP contribution in [0.25, 0.3) is 0 Å². The Morgan fingerprint density at radius 1 is 1.28 bits per heavy atom. The second-order valence-corrected chi connectivity index (χ2v) is 8.35. The van der Waals surface area contributed by atoms with E-state index in [0.717, 1.165) is 17.3 Å². The first-order valence-corrected chi connectivity index (χ1v) is 9.63. The zero-order valence-corrected chi connectivity index (χ0v) is 17.6. The Labute approximate surface area is 159 Å². The highest BCUT2D eigenvalue weighted by Crippen LogP contribution is 2.27. The van der Waals surface area contributed by atoms with E-state index >= 15 is 0 Å². The van der Waals surface area contributed by atoms with Gasteiger partial charge in [0.15, 0.2) is 0 Å². The molecule has 2 amide bonds. The number of carbonyl (C=O) groups is 2. The summed E-state index contributed by atoms with van der Waals surface area (Å²) >= 11 is 3.52. The number of ether oxygens (including phenoxy) is 2. The minimum Gasteiger partial charge on any atom is -0.444 e. The van der Waals surface area contributed by atoms with E-state index in [0.29, 0.717) is 6.42 Å². The molecule has 0 aromatic carbocycles. The maximum atomic E-state index is 12.2. The van der Waals surface area contributed by atoms with Crippen molar-refractivity contribution < 1.29 is 19.1 Å². The average Bonchev–Trinajstić information content (AvgIpc) is 2.45. The molecule has 3 atom stereocenters. The van der Waals surface area contributed by atoms with Crippen LogP contribution < -0.4 is 10.6 Å². The summed E-state index contributed by atoms with van der Waals surface area (Å²) in [5.41, 5.74) is -0.583. The second-order valence-electron chi connectivity index (χ2n) is 7.34. The molecule has 25 heavy (non-hydrogen) atoms. The zero-order valence-electron chi connectivity index (χ0n) is 16.0. The maximum absolute atomic E-state index is 12.2. The van der Waals surface area contributed by atoms with Crippen LogP contribution in [0.3, 0.4) is 0 Å². The number of hydrogen-bond donors (Lipinski definition) is 2. The minimum atomic E-state index is -0.583. The SMILES string of the molecule is CCC(CC)O[C@@H]1C=C(Br)C[C@H](NC(=O)OC(C)(C)C)[C@H]1NC(C)=O. The molecule has 0 saturated carbocycles. The summed E-state index contributed by atoms with van der Waals surface area (Å²) in [4.78, 5) is 23.9. The molecular weight excluding hydrogens is 388 g/mol. The number of alkyl carbamates (subject to hydrolysis) is 1. The quantitative estimate of drug-likeness (QED) is 0.689. The topological polar surface area (TPSA) is 76.7 Å². The molecule has 0 fully saturated rings. The van der Waals surface area contributed by atoms with Gasteiger partial charge in [0, 0.05) is 13.3 Å². The summed E-state index contributed by atoms with van der Waals surface area (Å²) in [6.07, 6.45) is 3.57. The van der Waals surface area contributed by atoms with E-state index < -0.39 is 11.7 Å². The molecule has 7 heteroatoms. The lowest BCUT2D eigenvalue weighted by molar-refractivity contribution is -0.121. The molecule has 0 aliphatic heterocycles. The molecule has 6 nitrogen and oxygen atoms in total. The van der Waals surface area contributed by atoms with Gasteiger partial charge in [-0.25, -0.2) is 4.79 Å². The molecule has 1 aliphatic rings. The third-order valence-corrected chi connectivity index (χ3v) is 4.47. The Hall–Kier alpha value is -1.08. The summed E-state index contributed by atoms with van der Waals surface area (Å²) < 4.78 is 12.5. The van der Waals surface area contributed by atoms with Crippen molar-refractivity contribution in [2.45, 2.75) is 90.7 Å². The van der Waals surface area contributed by atoms with Gasteiger partial charge in [0.05, 0.1) is 24.3 Å². The van der Waals surface area contributed by atoms with Crippen molar-refractivity contribution in [3.8, 4) is 0 Å². The van der Waals surface area contributed by atoms with Crippen LogP contribution in [0.2, 0.25) is 0 Å². The molecule has 0 spiro atoms. The third kappa shape index (κ3) is 7.77. The Kier molecular flexibility index (Phi) is 8.41. The van der Waals surface area contributed by atoms with Crippen molar-refractivity contribution in [1.29, 1.82) is 0 Å². The summed E-state index contributed by atoms with van der Waals surface area (Å²) in [6, 6.07) is -0.676. The van der Waals surface area contributed by atoms with Gasteiger partial charge in [-0.1, -0.05) is 29.8 Å². The number of hydrogen-bond acceptors (Lipinski definition) is 4. The van der Waals surface area contributed by atoms with Crippen LogP contribution in [0.15, 0.2) is 10.6 Å². The molecule has 0 aromatic rings. The van der Waals surface area contributed by atoms with Gasteiger partial charge in [-0.3, -0.25) is 4.79 Å². The highest BCUT2D eigenvalue weighted by molar-refractivity contribution is 9.11. The van der Waals surface area contributed by atoms with Crippen molar-refractivity contribution >= 4 is 27.9 Å². The van der Waals surface area contributed by atoms with Gasteiger partial charge in [0.25, 0.3) is 0 Å². The first-order valence-electron chi connectivity index (χ1n) is 8.84. The molecule has 0 bridgehead atoms. The predicted octanol–water partition coefficient (Wildman–Crippen LogP) is 3.64. The summed E-state index contributed by atoms with van der Waals surface area (Å²) in [5.74, 6) is -0.162. The molecule has 0 radical (unpaired) electrons. The van der Waals surface area contributed by atoms with Crippen LogP contribution >= 0.6 is 15.9 Å². The van der Waals surface area contributed by atoms with E-state index in [1.54, 1.807) is 0 Å². The largest absolute Gasteiger partial charge is 0.444 e. The van der Waals surface area contributed by atoms with Crippen LogP contribution in [0.4, 0.5) is 4.79 Å². The monoisotopic (exact) mass is 418 g/mol. The smallest absolute Gasteiger partial charge is 0.407 e. The van der Waals surface area contributed by atoms with Gasteiger partial charge in [0.2, 0.25) is 5.91 Å². The average molecular weight is 419 g/mol. The van der Waals surface area contributed by atoms with E-state index in [-0.39, 0.29) is 30.2 Å². The highest BCUT2D eigenvalue weighted by Gasteiger charge is 2.37. The van der Waals surface area contributed by atoms with Crippen LogP contribution in [-0.2, 0) is 14.3 Å². The van der Waals surface area contributed by atoms with E-state index in [9.17, 15) is 9.59 Å². The first kappa shape index (κ1) is 22.0. The number of rotatable bonds is 6. The van der Waals surface area contributed by atoms with Crippen molar-refractivity contribution in [3.63, 3.8) is 0 Å². The predicted molar refractivity (Wildman–Crippen MR) is 102 cm³/mol. The fourth-order valence-electron chi connectivity index (χ4n) is 2.76. The molecule has 1 rings (SSSR count). The van der Waals surface area contributed by atoms with Crippen LogP contribution in [0.1, 0.15) is 60.8 Å². The molecule has 0 heterocycles. The molecule has 2 N–H and O–H groups in total. The minimum absolute atomic E-state index is 0.0954. The van der Waals surface area contributed by atoms with Gasteiger partial charge in [-0.2, -0.15) is 0 Å². The van der Waals surface area contributed by atoms with Gasteiger partial charge < -0.3 is 20.1 Å². The number of carbonyl (C=O) groups excluding carboxylic acids is 2. The molecule has 1 aliphatic carbocycles. The van der Waals surface area contributed by atoms with Gasteiger partial charge >= 0.3 is 6.09 Å². The summed E-state index contributed by atoms with van der Waals surface area (Å²) in [7, 11) is 0. The fraction of sp³-hybridized carbons (Fsp3) is 0.778. The normalized spacial score (nSPS) is 23.8. The number of nitrogens with one attached hydrogen (secondary N) is 2. The lowest BCUT2D eigenvalue weighted by Gasteiger charge is -2.38. The first-order chi connectivity index (χ1) is 11.6. The molecule has 0 aromatic heterocycles. The van der Waals surface area contributed by atoms with Crippen molar-refractivity contribution in [2.75, 3.05) is 0 Å². The third-order valence-electron chi connectivity index (χ3n) is 3.88. The molecule has 144 valence electrons. The number of halogens is 1. The van der Waals surface area contributed by atoms with Gasteiger partial charge in [-0.05, 0) is 44.2 Å². The van der Waals surface area contributed by atoms with Crippen molar-refractivity contribution in [2.24, 2.45) is 0 Å². The standard InChI is InChI=1S/C18H31BrN2O4/c1-7-13(8-2)24-15-10-12(19)9-14(16(15)20-11(3)22)21-17(23)25-18(4,5)6/h10,13-16H,7-9H2,1-6H3,(H,20,22)(H,21,23)/t14-,15+,16+/m0/s1. The van der Waals surface area contributed by atoms with Crippen LogP contribution in [-0.4, -0.2) is 41.9 Å². The molecule has 0 unspecified atom stereocenters. The molecular formula is C18H31BrN2O4. The van der Waals surface area contributed by atoms with Crippen molar-refractivity contribution in [1.82, 2.24) is 10.6 Å². The zero-order chi connectivity index (χ0) is 19.2. The van der Waals surface area contributed by atoms with E-state index in [1.165, 1.54) is 6.92 Å². The molecule has 0 saturated heterocycles. The fourth-order valence-corrected chi connectivity index (χ4v) is 3.37. The van der Waals surface area contributed by atoms with Crippen molar-refractivity contribution in [3.05, 3.63) is 10.6 Å². The van der Waals surface area contributed by atoms with Gasteiger partial charge in [-0.15, -0.1) is 0 Å². The van der Waals surface area contributed by atoms with Crippen LogP contribution in [0, 0.1) is 0 Å². The Morgan fingerprint density at radius 2 is 1.88 bits per heavy atom. The maximum Gasteiger partial charge on any atom is 0.407 e. The lowest BCUT2D eigenvalue weighted by atomic mass is 9.92. The second kappa shape index (κ2) is 9.57. The van der Waals surface area contributed by atoms with Gasteiger partial charge in [0.1, 0.15) is 5.60 Å². The summed E-state index contributed by atoms with van der Waals surface area (Å²) in [6.45, 7) is 11.0. The Balaban J connectivity index is 2.95. The highest BCUT2D eigenvalue weighted by atomic mass is 79.9. The van der Waals surface area contributed by atoms with Crippen LogP contribution in [0.5, 0.6) is 0 Å². The Bertz CT molecular complexity index is 498. The van der Waals surface area contributed by atoms with E-state index in [1.807, 2.05) is 26.8 Å². The Morgan fingerprint density at radius 3 is 2.36 bits per heavy atom.